The van der Waals surface area contributed by atoms with E-state index in [4.69, 9.17) is 26.8 Å². The zero-order valence-corrected chi connectivity index (χ0v) is 11.3. The number of carbonyl (C=O) groups is 1. The molecular weight excluding hydrogens is 286 g/mol. The second kappa shape index (κ2) is 4.67. The van der Waals surface area contributed by atoms with E-state index in [2.05, 4.69) is 4.98 Å². The van der Waals surface area contributed by atoms with Gasteiger partial charge in [0, 0.05) is 5.56 Å². The molecular formula is C12H9NO4S2. The van der Waals surface area contributed by atoms with Crippen molar-refractivity contribution >= 4 is 29.5 Å². The molecule has 0 radical (unpaired) electrons. The summed E-state index contributed by atoms with van der Waals surface area (Å²) in [6, 6.07) is 5.37. The first kappa shape index (κ1) is 12.2. The molecule has 1 aliphatic heterocycles. The molecule has 1 aliphatic rings. The highest BCUT2D eigenvalue weighted by molar-refractivity contribution is 7.73. The number of para-hydroxylation sites is 1. The summed E-state index contributed by atoms with van der Waals surface area (Å²) in [5.41, 5.74) is 1.77. The van der Waals surface area contributed by atoms with E-state index in [0.717, 1.165) is 16.1 Å². The quantitative estimate of drug-likeness (QED) is 0.852. The number of carboxylic acid groups (broad SMARTS) is 1. The van der Waals surface area contributed by atoms with Crippen LogP contribution in [0.3, 0.4) is 0 Å². The van der Waals surface area contributed by atoms with Gasteiger partial charge in [0.1, 0.15) is 6.61 Å². The minimum atomic E-state index is -1.02. The first-order valence-electron chi connectivity index (χ1n) is 5.48. The van der Waals surface area contributed by atoms with Crippen LogP contribution in [-0.4, -0.2) is 22.7 Å². The molecule has 7 heteroatoms. The molecule has 0 amide bonds. The minimum Gasteiger partial charge on any atom is -0.483 e. The Kier molecular flexibility index (Phi) is 3.00. The van der Waals surface area contributed by atoms with Gasteiger partial charge in [-0.1, -0.05) is 6.07 Å². The van der Waals surface area contributed by atoms with Gasteiger partial charge in [-0.25, -0.2) is 4.79 Å². The molecule has 0 saturated carbocycles. The molecule has 98 valence electrons. The molecule has 0 spiro atoms. The molecule has 0 saturated heterocycles. The van der Waals surface area contributed by atoms with Crippen molar-refractivity contribution in [2.75, 3.05) is 6.61 Å². The van der Waals surface area contributed by atoms with Crippen LogP contribution < -0.4 is 9.47 Å². The van der Waals surface area contributed by atoms with E-state index in [1.54, 1.807) is 12.1 Å². The number of aromatic amines is 1. The lowest BCUT2D eigenvalue weighted by Crippen LogP contribution is -2.11. The molecule has 3 rings (SSSR count). The number of thiazole rings is 1. The van der Waals surface area contributed by atoms with Crippen molar-refractivity contribution in [3.05, 3.63) is 27.0 Å². The van der Waals surface area contributed by atoms with Crippen LogP contribution in [0.4, 0.5) is 0 Å². The number of rotatable bonds is 3. The third kappa shape index (κ3) is 2.22. The Bertz CT molecular complexity index is 704. The number of carboxylic acids is 1. The number of nitrogens with one attached hydrogen (secondary N) is 1. The molecule has 0 unspecified atom stereocenters. The van der Waals surface area contributed by atoms with E-state index >= 15 is 0 Å². The van der Waals surface area contributed by atoms with E-state index < -0.39 is 12.6 Å². The maximum atomic E-state index is 10.6. The van der Waals surface area contributed by atoms with Gasteiger partial charge in [-0.05, 0) is 24.4 Å². The summed E-state index contributed by atoms with van der Waals surface area (Å²) in [6.45, 7) is 0.0138. The van der Waals surface area contributed by atoms with Crippen molar-refractivity contribution in [3.8, 4) is 22.8 Å². The Balaban J connectivity index is 2.05. The van der Waals surface area contributed by atoms with Crippen LogP contribution in [0.1, 0.15) is 4.88 Å². The van der Waals surface area contributed by atoms with Crippen LogP contribution in [0.25, 0.3) is 11.3 Å². The van der Waals surface area contributed by atoms with Gasteiger partial charge in [0.2, 0.25) is 0 Å². The number of H-pyrrole nitrogens is 1. The fourth-order valence-corrected chi connectivity index (χ4v) is 3.09. The van der Waals surface area contributed by atoms with Gasteiger partial charge in [0.05, 0.1) is 10.6 Å². The summed E-state index contributed by atoms with van der Waals surface area (Å²) in [5.74, 6) is -0.0413. The Morgan fingerprint density at radius 3 is 3.21 bits per heavy atom. The van der Waals surface area contributed by atoms with E-state index in [0.29, 0.717) is 22.1 Å². The summed E-state index contributed by atoms with van der Waals surface area (Å²) in [5, 5.41) is 8.66. The minimum absolute atomic E-state index is 0.397. The topological polar surface area (TPSA) is 71.6 Å². The monoisotopic (exact) mass is 295 g/mol. The fourth-order valence-electron chi connectivity index (χ4n) is 1.93. The highest BCUT2D eigenvalue weighted by Crippen LogP contribution is 2.43. The summed E-state index contributed by atoms with van der Waals surface area (Å²) < 4.78 is 11.6. The van der Waals surface area contributed by atoms with Gasteiger partial charge >= 0.3 is 5.97 Å². The summed E-state index contributed by atoms with van der Waals surface area (Å²) in [7, 11) is 0. The number of hydrogen-bond acceptors (Lipinski definition) is 5. The number of hydrogen-bond donors (Lipinski definition) is 2. The largest absolute Gasteiger partial charge is 0.483 e. The first-order valence-corrected chi connectivity index (χ1v) is 6.70. The lowest BCUT2D eigenvalue weighted by molar-refractivity contribution is -0.139. The average Bonchev–Trinajstić information content (AvgIpc) is 2.76. The molecule has 2 N–H and O–H groups in total. The third-order valence-corrected chi connectivity index (χ3v) is 3.88. The highest BCUT2D eigenvalue weighted by Gasteiger charge is 2.23. The van der Waals surface area contributed by atoms with Gasteiger partial charge in [0.25, 0.3) is 0 Å². The van der Waals surface area contributed by atoms with E-state index in [-0.39, 0.29) is 0 Å². The second-order valence-electron chi connectivity index (χ2n) is 3.92. The van der Waals surface area contributed by atoms with Crippen LogP contribution in [0.15, 0.2) is 18.2 Å². The molecule has 5 nitrogen and oxygen atoms in total. The number of aliphatic carboxylic acids is 1. The lowest BCUT2D eigenvalue weighted by atomic mass is 10.1. The van der Waals surface area contributed by atoms with Gasteiger partial charge in [-0.3, -0.25) is 0 Å². The molecule has 1 aromatic carbocycles. The molecule has 2 heterocycles. The van der Waals surface area contributed by atoms with Crippen molar-refractivity contribution in [3.63, 3.8) is 0 Å². The molecule has 0 atom stereocenters. The maximum absolute atomic E-state index is 10.6. The zero-order chi connectivity index (χ0) is 13.4. The molecule has 0 fully saturated rings. The van der Waals surface area contributed by atoms with E-state index in [1.165, 1.54) is 11.3 Å². The number of fused-ring (bicyclic) bond motifs is 3. The number of benzene rings is 1. The van der Waals surface area contributed by atoms with Crippen LogP contribution in [0, 0.1) is 3.95 Å². The standard InChI is InChI=1S/C12H9NO4S2/c14-9(15)5-16-7-3-1-2-6-10-8(4-17-11(6)7)19-12(18)13-10/h1-3H,4-5H2,(H,13,18)(H,14,15). The van der Waals surface area contributed by atoms with Crippen molar-refractivity contribution in [1.29, 1.82) is 0 Å². The molecule has 0 bridgehead atoms. The average molecular weight is 295 g/mol. The Labute approximate surface area is 117 Å². The van der Waals surface area contributed by atoms with Crippen molar-refractivity contribution in [1.82, 2.24) is 4.98 Å². The van der Waals surface area contributed by atoms with E-state index in [9.17, 15) is 4.79 Å². The Morgan fingerprint density at radius 1 is 1.58 bits per heavy atom. The zero-order valence-electron chi connectivity index (χ0n) is 9.63. The normalized spacial score (nSPS) is 12.2. The number of aromatic nitrogens is 1. The Morgan fingerprint density at radius 2 is 2.42 bits per heavy atom. The fraction of sp³-hybridized carbons (Fsp3) is 0.167. The third-order valence-electron chi connectivity index (χ3n) is 2.67. The van der Waals surface area contributed by atoms with Gasteiger partial charge in [-0.2, -0.15) is 0 Å². The summed E-state index contributed by atoms with van der Waals surface area (Å²) in [6.07, 6.45) is 0. The van der Waals surface area contributed by atoms with Gasteiger partial charge < -0.3 is 19.6 Å². The smallest absolute Gasteiger partial charge is 0.341 e. The van der Waals surface area contributed by atoms with Gasteiger partial charge in [0.15, 0.2) is 22.1 Å². The molecule has 0 aliphatic carbocycles. The van der Waals surface area contributed by atoms with Crippen molar-refractivity contribution in [2.24, 2.45) is 0 Å². The van der Waals surface area contributed by atoms with Gasteiger partial charge in [-0.15, -0.1) is 11.3 Å². The van der Waals surface area contributed by atoms with Crippen LogP contribution in [0.2, 0.25) is 0 Å². The maximum Gasteiger partial charge on any atom is 0.341 e. The van der Waals surface area contributed by atoms with E-state index in [1.807, 2.05) is 6.07 Å². The predicted octanol–water partition coefficient (Wildman–Crippen LogP) is 2.83. The van der Waals surface area contributed by atoms with Crippen LogP contribution >= 0.6 is 23.6 Å². The lowest BCUT2D eigenvalue weighted by Gasteiger charge is -2.19. The summed E-state index contributed by atoms with van der Waals surface area (Å²) in [4.78, 5) is 14.7. The van der Waals surface area contributed by atoms with Crippen LogP contribution in [-0.2, 0) is 11.4 Å². The molecule has 2 aromatic rings. The first-order chi connectivity index (χ1) is 9.15. The highest BCUT2D eigenvalue weighted by atomic mass is 32.1. The van der Waals surface area contributed by atoms with Crippen molar-refractivity contribution < 1.29 is 19.4 Å². The molecule has 1 aromatic heterocycles. The predicted molar refractivity (Wildman–Crippen MR) is 72.4 cm³/mol. The van der Waals surface area contributed by atoms with Crippen LogP contribution in [0.5, 0.6) is 11.5 Å². The SMILES string of the molecule is O=C(O)COc1cccc2c1OCc1sc(=S)[nH]c1-2. The number of ether oxygens (including phenoxy) is 2. The summed E-state index contributed by atoms with van der Waals surface area (Å²) >= 11 is 6.60. The molecule has 19 heavy (non-hydrogen) atoms. The Hall–Kier alpha value is -1.86. The second-order valence-corrected chi connectivity index (χ2v) is 5.69. The van der Waals surface area contributed by atoms with Crippen molar-refractivity contribution in [2.45, 2.75) is 6.61 Å².